The van der Waals surface area contributed by atoms with E-state index >= 15 is 0 Å². The second kappa shape index (κ2) is 9.36. The van der Waals surface area contributed by atoms with Gasteiger partial charge in [0.15, 0.2) is 11.5 Å². The smallest absolute Gasteiger partial charge is 0.290 e. The maximum atomic E-state index is 12.0. The quantitative estimate of drug-likeness (QED) is 0.653. The Hall–Kier alpha value is -1.88. The van der Waals surface area contributed by atoms with Gasteiger partial charge in [0.05, 0.1) is 11.9 Å². The number of hydrogen-bond acceptors (Lipinski definition) is 7. The molecule has 3 rings (SSSR count). The van der Waals surface area contributed by atoms with Crippen LogP contribution in [0, 0.1) is 5.92 Å². The van der Waals surface area contributed by atoms with Crippen LogP contribution in [0.4, 0.5) is 0 Å². The molecule has 0 aromatic heterocycles. The molecule has 0 aliphatic carbocycles. The summed E-state index contributed by atoms with van der Waals surface area (Å²) in [7, 11) is -0.278. The molecule has 0 radical (unpaired) electrons. The van der Waals surface area contributed by atoms with Crippen molar-refractivity contribution in [1.29, 1.82) is 0 Å². The molecule has 1 aromatic carbocycles. The summed E-state index contributed by atoms with van der Waals surface area (Å²) in [4.78, 5) is 10.4. The van der Waals surface area contributed by atoms with Crippen LogP contribution < -0.4 is 9.47 Å². The Morgan fingerprint density at radius 1 is 1.22 bits per heavy atom. The van der Waals surface area contributed by atoms with Gasteiger partial charge in [0, 0.05) is 39.6 Å². The van der Waals surface area contributed by atoms with E-state index in [1.54, 1.807) is 0 Å². The zero-order valence-corrected chi connectivity index (χ0v) is 16.3. The molecule has 2 atom stereocenters. The van der Waals surface area contributed by atoms with Crippen LogP contribution in [0.15, 0.2) is 18.2 Å². The number of aliphatic hydroxyl groups excluding tert-OH is 1. The minimum absolute atomic E-state index is 0.0290. The van der Waals surface area contributed by atoms with Gasteiger partial charge in [-0.25, -0.2) is 12.7 Å². The molecule has 27 heavy (non-hydrogen) atoms. The van der Waals surface area contributed by atoms with Gasteiger partial charge >= 0.3 is 0 Å². The van der Waals surface area contributed by atoms with E-state index in [4.69, 9.17) is 19.4 Å². The number of benzene rings is 1. The molecule has 1 saturated heterocycles. The first-order valence-corrected chi connectivity index (χ1v) is 10.1. The fourth-order valence-corrected chi connectivity index (χ4v) is 4.27. The standard InChI is InChI=1S/C16H24N2O5S.CH2O2/c1-17(2)24(20,21)11-13-9-18(10-14(13)19)8-12-3-4-15-16(7-12)23-6-5-22-15;2-1-3/h3-4,7,13-14,19H,5-6,8-11H2,1-2H3;1H,(H,2,3)/t13-,14+;/m0./s1. The van der Waals surface area contributed by atoms with Gasteiger partial charge in [0.1, 0.15) is 13.2 Å². The van der Waals surface area contributed by atoms with Crippen molar-refractivity contribution < 1.29 is 32.9 Å². The zero-order chi connectivity index (χ0) is 20.0. The molecule has 2 heterocycles. The van der Waals surface area contributed by atoms with Crippen molar-refractivity contribution in [2.75, 3.05) is 46.2 Å². The third kappa shape index (κ3) is 5.80. The molecule has 0 amide bonds. The lowest BCUT2D eigenvalue weighted by atomic mass is 10.1. The van der Waals surface area contributed by atoms with E-state index in [1.165, 1.54) is 18.4 Å². The first-order chi connectivity index (χ1) is 12.8. The highest BCUT2D eigenvalue weighted by Gasteiger charge is 2.35. The number of carbonyl (C=O) groups is 1. The molecule has 1 fully saturated rings. The fourth-order valence-electron chi connectivity index (χ4n) is 3.10. The number of fused-ring (bicyclic) bond motifs is 1. The van der Waals surface area contributed by atoms with Crippen LogP contribution in [-0.2, 0) is 21.4 Å². The number of hydrogen-bond donors (Lipinski definition) is 2. The second-order valence-corrected chi connectivity index (χ2v) is 8.89. The van der Waals surface area contributed by atoms with Crippen molar-refractivity contribution in [2.45, 2.75) is 12.6 Å². The number of carboxylic acid groups (broad SMARTS) is 1. The van der Waals surface area contributed by atoms with Crippen LogP contribution in [-0.4, -0.2) is 86.6 Å². The van der Waals surface area contributed by atoms with Gasteiger partial charge in [0.25, 0.3) is 6.47 Å². The average molecular weight is 402 g/mol. The van der Waals surface area contributed by atoms with Gasteiger partial charge in [-0.1, -0.05) is 6.07 Å². The molecule has 2 aliphatic heterocycles. The predicted octanol–water partition coefficient (Wildman–Crippen LogP) is -0.157. The lowest BCUT2D eigenvalue weighted by molar-refractivity contribution is -0.122. The molecule has 0 saturated carbocycles. The van der Waals surface area contributed by atoms with E-state index in [-0.39, 0.29) is 18.1 Å². The third-order valence-electron chi connectivity index (χ3n) is 4.48. The minimum atomic E-state index is -3.31. The van der Waals surface area contributed by atoms with Gasteiger partial charge in [-0.2, -0.15) is 0 Å². The number of ether oxygens (including phenoxy) is 2. The predicted molar refractivity (Wildman–Crippen MR) is 98.4 cm³/mol. The van der Waals surface area contributed by atoms with Crippen LogP contribution in [0.5, 0.6) is 11.5 Å². The first kappa shape index (κ1) is 21.4. The van der Waals surface area contributed by atoms with Crippen molar-refractivity contribution in [3.63, 3.8) is 0 Å². The number of β-amino-alcohol motifs (C(OH)–C–C–N with tert-alkyl or cyclic N) is 1. The van der Waals surface area contributed by atoms with Crippen molar-refractivity contribution in [3.8, 4) is 11.5 Å². The molecule has 0 spiro atoms. The van der Waals surface area contributed by atoms with Crippen molar-refractivity contribution in [1.82, 2.24) is 9.21 Å². The second-order valence-electron chi connectivity index (χ2n) is 6.67. The SMILES string of the molecule is CN(C)S(=O)(=O)C[C@@H]1CN(Cc2ccc3c(c2)OCCO3)C[C@H]1O.O=CO. The number of likely N-dealkylation sites (tertiary alicyclic amines) is 1. The lowest BCUT2D eigenvalue weighted by Crippen LogP contribution is -2.33. The summed E-state index contributed by atoms with van der Waals surface area (Å²) in [5.41, 5.74) is 1.06. The highest BCUT2D eigenvalue weighted by molar-refractivity contribution is 7.89. The number of aliphatic hydroxyl groups is 1. The Balaban J connectivity index is 0.000000817. The Morgan fingerprint density at radius 2 is 1.85 bits per heavy atom. The molecule has 0 unspecified atom stereocenters. The molecule has 0 bridgehead atoms. The van der Waals surface area contributed by atoms with E-state index < -0.39 is 16.1 Å². The van der Waals surface area contributed by atoms with E-state index in [2.05, 4.69) is 4.90 Å². The number of rotatable bonds is 5. The third-order valence-corrected chi connectivity index (χ3v) is 6.44. The van der Waals surface area contributed by atoms with Crippen molar-refractivity contribution in [2.24, 2.45) is 5.92 Å². The van der Waals surface area contributed by atoms with Gasteiger partial charge < -0.3 is 19.7 Å². The molecule has 1 aromatic rings. The zero-order valence-electron chi connectivity index (χ0n) is 15.4. The maximum absolute atomic E-state index is 12.0. The van der Waals surface area contributed by atoms with Gasteiger partial charge in [-0.15, -0.1) is 0 Å². The Bertz CT molecular complexity index is 739. The topological polar surface area (TPSA) is 117 Å². The molecule has 2 N–H and O–H groups in total. The van der Waals surface area contributed by atoms with E-state index in [0.717, 1.165) is 17.1 Å². The van der Waals surface area contributed by atoms with E-state index in [9.17, 15) is 13.5 Å². The molecule has 9 nitrogen and oxygen atoms in total. The molecular weight excluding hydrogens is 376 g/mol. The summed E-state index contributed by atoms with van der Waals surface area (Å²) in [5.74, 6) is 1.19. The highest BCUT2D eigenvalue weighted by atomic mass is 32.2. The Labute approximate surface area is 159 Å². The lowest BCUT2D eigenvalue weighted by Gasteiger charge is -2.21. The van der Waals surface area contributed by atoms with Crippen LogP contribution in [0.3, 0.4) is 0 Å². The summed E-state index contributed by atoms with van der Waals surface area (Å²) in [6, 6.07) is 5.82. The fraction of sp³-hybridized carbons (Fsp3) is 0.588. The summed E-state index contributed by atoms with van der Waals surface area (Å²) >= 11 is 0. The summed E-state index contributed by atoms with van der Waals surface area (Å²) in [6.45, 7) is 2.53. The minimum Gasteiger partial charge on any atom is -0.486 e. The first-order valence-electron chi connectivity index (χ1n) is 8.54. The highest BCUT2D eigenvalue weighted by Crippen LogP contribution is 2.31. The van der Waals surface area contributed by atoms with Crippen molar-refractivity contribution in [3.05, 3.63) is 23.8 Å². The van der Waals surface area contributed by atoms with Gasteiger partial charge in [0.2, 0.25) is 10.0 Å². The number of nitrogens with zero attached hydrogens (tertiary/aromatic N) is 2. The summed E-state index contributed by atoms with van der Waals surface area (Å²) in [5, 5.41) is 17.1. The Morgan fingerprint density at radius 3 is 2.48 bits per heavy atom. The summed E-state index contributed by atoms with van der Waals surface area (Å²) < 4.78 is 36.4. The van der Waals surface area contributed by atoms with Gasteiger partial charge in [-0.3, -0.25) is 9.69 Å². The monoisotopic (exact) mass is 402 g/mol. The molecule has 10 heteroatoms. The number of sulfonamides is 1. The summed E-state index contributed by atoms with van der Waals surface area (Å²) in [6.07, 6.45) is -0.628. The van der Waals surface area contributed by atoms with Crippen LogP contribution in [0.2, 0.25) is 0 Å². The molecule has 2 aliphatic rings. The van der Waals surface area contributed by atoms with E-state index in [0.29, 0.717) is 32.8 Å². The van der Waals surface area contributed by atoms with Gasteiger partial charge in [-0.05, 0) is 17.7 Å². The molecule has 152 valence electrons. The molecular formula is C17H26N2O7S. The average Bonchev–Trinajstić information content (AvgIpc) is 2.94. The van der Waals surface area contributed by atoms with Crippen molar-refractivity contribution >= 4 is 16.5 Å². The van der Waals surface area contributed by atoms with E-state index in [1.807, 2.05) is 18.2 Å². The van der Waals surface area contributed by atoms with Crippen LogP contribution >= 0.6 is 0 Å². The van der Waals surface area contributed by atoms with Crippen LogP contribution in [0.1, 0.15) is 5.56 Å². The van der Waals surface area contributed by atoms with Crippen LogP contribution in [0.25, 0.3) is 0 Å². The largest absolute Gasteiger partial charge is 0.486 e. The Kier molecular flexibility index (Phi) is 7.42. The normalized spacial score (nSPS) is 22.2. The maximum Gasteiger partial charge on any atom is 0.290 e.